The number of nitrogens with zero attached hydrogens (tertiary/aromatic N) is 2. The van der Waals surface area contributed by atoms with Gasteiger partial charge in [-0.2, -0.15) is 0 Å². The molecule has 2 rings (SSSR count). The fourth-order valence-corrected chi connectivity index (χ4v) is 2.60. The number of aromatic nitrogens is 2. The first-order valence-corrected chi connectivity index (χ1v) is 6.69. The Morgan fingerprint density at radius 2 is 2.28 bits per heavy atom. The average Bonchev–Trinajstić information content (AvgIpc) is 2.81. The van der Waals surface area contributed by atoms with Crippen LogP contribution in [0.5, 0.6) is 5.75 Å². The molecule has 0 amide bonds. The lowest BCUT2D eigenvalue weighted by Crippen LogP contribution is -2.00. The number of nitrogens with two attached hydrogens (primary N) is 1. The van der Waals surface area contributed by atoms with Gasteiger partial charge in [-0.1, -0.05) is 17.8 Å². The normalized spacial score (nSPS) is 10.6. The number of hydrogen-bond donors (Lipinski definition) is 1. The summed E-state index contributed by atoms with van der Waals surface area (Å²) < 4.78 is 7.27. The largest absolute Gasteiger partial charge is 0.496 e. The average molecular weight is 263 g/mol. The molecule has 1 aromatic heterocycles. The number of benzene rings is 1. The zero-order valence-corrected chi connectivity index (χ0v) is 11.4. The highest BCUT2D eigenvalue weighted by atomic mass is 32.2. The fourth-order valence-electron chi connectivity index (χ4n) is 1.72. The third kappa shape index (κ3) is 2.86. The van der Waals surface area contributed by atoms with Crippen LogP contribution >= 0.6 is 11.8 Å². The van der Waals surface area contributed by atoms with Crippen molar-refractivity contribution in [3.63, 3.8) is 0 Å². The quantitative estimate of drug-likeness (QED) is 0.840. The predicted octanol–water partition coefficient (Wildman–Crippen LogP) is 2.18. The summed E-state index contributed by atoms with van der Waals surface area (Å²) in [6, 6.07) is 6.12. The molecule has 0 atom stereocenters. The van der Waals surface area contributed by atoms with E-state index in [1.807, 2.05) is 30.1 Å². The summed E-state index contributed by atoms with van der Waals surface area (Å²) in [5, 5.41) is 1.01. The zero-order valence-electron chi connectivity index (χ0n) is 10.6. The van der Waals surface area contributed by atoms with Crippen LogP contribution in [-0.4, -0.2) is 16.7 Å². The Labute approximate surface area is 111 Å². The summed E-state index contributed by atoms with van der Waals surface area (Å²) in [5.74, 6) is 1.73. The van der Waals surface area contributed by atoms with Gasteiger partial charge < -0.3 is 15.0 Å². The SMILES string of the molecule is COc1ccc(CSc2nccn2C)cc1CN. The van der Waals surface area contributed by atoms with Crippen LogP contribution in [-0.2, 0) is 19.3 Å². The van der Waals surface area contributed by atoms with Crippen molar-refractivity contribution in [2.24, 2.45) is 12.8 Å². The monoisotopic (exact) mass is 263 g/mol. The van der Waals surface area contributed by atoms with Gasteiger partial charge in [0.25, 0.3) is 0 Å². The maximum Gasteiger partial charge on any atom is 0.167 e. The van der Waals surface area contributed by atoms with E-state index >= 15 is 0 Å². The molecule has 2 N–H and O–H groups in total. The second-order valence-electron chi connectivity index (χ2n) is 3.96. The van der Waals surface area contributed by atoms with E-state index in [9.17, 15) is 0 Å². The molecule has 0 radical (unpaired) electrons. The molecule has 0 unspecified atom stereocenters. The van der Waals surface area contributed by atoms with Crippen LogP contribution in [0.25, 0.3) is 0 Å². The second-order valence-corrected chi connectivity index (χ2v) is 4.90. The number of rotatable bonds is 5. The maximum absolute atomic E-state index is 5.71. The van der Waals surface area contributed by atoms with Crippen molar-refractivity contribution < 1.29 is 4.74 Å². The van der Waals surface area contributed by atoms with Gasteiger partial charge in [0, 0.05) is 37.3 Å². The first-order valence-electron chi connectivity index (χ1n) is 5.70. The molecule has 0 aliphatic rings. The van der Waals surface area contributed by atoms with E-state index in [1.54, 1.807) is 18.9 Å². The van der Waals surface area contributed by atoms with Crippen molar-refractivity contribution in [3.05, 3.63) is 41.7 Å². The molecular formula is C13H17N3OS. The molecular weight excluding hydrogens is 246 g/mol. The van der Waals surface area contributed by atoms with E-state index in [-0.39, 0.29) is 0 Å². The third-order valence-corrected chi connectivity index (χ3v) is 3.84. The standard InChI is InChI=1S/C13H17N3OS/c1-16-6-5-15-13(16)18-9-10-3-4-12(17-2)11(7-10)8-14/h3-7H,8-9,14H2,1-2H3. The van der Waals surface area contributed by atoms with Crippen molar-refractivity contribution in [1.82, 2.24) is 9.55 Å². The van der Waals surface area contributed by atoms with Crippen LogP contribution in [0.4, 0.5) is 0 Å². The molecule has 0 aliphatic carbocycles. The van der Waals surface area contributed by atoms with Crippen LogP contribution in [0.1, 0.15) is 11.1 Å². The Balaban J connectivity index is 2.08. The lowest BCUT2D eigenvalue weighted by Gasteiger charge is -2.09. The van der Waals surface area contributed by atoms with E-state index in [4.69, 9.17) is 10.5 Å². The summed E-state index contributed by atoms with van der Waals surface area (Å²) in [6.07, 6.45) is 3.75. The molecule has 0 saturated carbocycles. The van der Waals surface area contributed by atoms with Gasteiger partial charge in [0.05, 0.1) is 7.11 Å². The van der Waals surface area contributed by atoms with Gasteiger partial charge >= 0.3 is 0 Å². The molecule has 0 fully saturated rings. The van der Waals surface area contributed by atoms with Crippen molar-refractivity contribution in [1.29, 1.82) is 0 Å². The first kappa shape index (κ1) is 13.0. The number of methoxy groups -OCH3 is 1. The van der Waals surface area contributed by atoms with Crippen molar-refractivity contribution in [2.45, 2.75) is 17.5 Å². The van der Waals surface area contributed by atoms with Crippen LogP contribution in [0.3, 0.4) is 0 Å². The van der Waals surface area contributed by atoms with Crippen LogP contribution in [0, 0.1) is 0 Å². The number of ether oxygens (including phenoxy) is 1. The van der Waals surface area contributed by atoms with Gasteiger partial charge in [0.15, 0.2) is 5.16 Å². The molecule has 18 heavy (non-hydrogen) atoms. The minimum atomic E-state index is 0.490. The molecule has 1 heterocycles. The van der Waals surface area contributed by atoms with E-state index in [0.29, 0.717) is 6.54 Å². The second kappa shape index (κ2) is 5.93. The van der Waals surface area contributed by atoms with Crippen molar-refractivity contribution in [2.75, 3.05) is 7.11 Å². The highest BCUT2D eigenvalue weighted by molar-refractivity contribution is 7.98. The summed E-state index contributed by atoms with van der Waals surface area (Å²) in [7, 11) is 3.66. The third-order valence-electron chi connectivity index (χ3n) is 2.71. The van der Waals surface area contributed by atoms with Gasteiger partial charge in [-0.05, 0) is 17.7 Å². The Bertz CT molecular complexity index is 525. The van der Waals surface area contributed by atoms with Gasteiger partial charge in [0.2, 0.25) is 0 Å². The lowest BCUT2D eigenvalue weighted by atomic mass is 10.1. The molecule has 4 nitrogen and oxygen atoms in total. The molecule has 0 spiro atoms. The number of thioether (sulfide) groups is 1. The molecule has 0 bridgehead atoms. The van der Waals surface area contributed by atoms with Gasteiger partial charge in [-0.3, -0.25) is 0 Å². The highest BCUT2D eigenvalue weighted by Gasteiger charge is 2.05. The summed E-state index contributed by atoms with van der Waals surface area (Å²) >= 11 is 1.71. The molecule has 0 saturated heterocycles. The van der Waals surface area contributed by atoms with Crippen LogP contribution < -0.4 is 10.5 Å². The van der Waals surface area contributed by atoms with E-state index < -0.39 is 0 Å². The Hall–Kier alpha value is -1.46. The fraction of sp³-hybridized carbons (Fsp3) is 0.308. The van der Waals surface area contributed by atoms with Crippen molar-refractivity contribution >= 4 is 11.8 Å². The molecule has 0 aliphatic heterocycles. The maximum atomic E-state index is 5.71. The van der Waals surface area contributed by atoms with E-state index in [1.165, 1.54) is 5.56 Å². The highest BCUT2D eigenvalue weighted by Crippen LogP contribution is 2.24. The summed E-state index contributed by atoms with van der Waals surface area (Å²) in [6.45, 7) is 0.490. The van der Waals surface area contributed by atoms with Crippen LogP contribution in [0.15, 0.2) is 35.7 Å². The number of hydrogen-bond acceptors (Lipinski definition) is 4. The number of aryl methyl sites for hydroxylation is 1. The zero-order chi connectivity index (χ0) is 13.0. The van der Waals surface area contributed by atoms with Gasteiger partial charge in [-0.15, -0.1) is 0 Å². The van der Waals surface area contributed by atoms with E-state index in [0.717, 1.165) is 22.2 Å². The Morgan fingerprint density at radius 1 is 1.44 bits per heavy atom. The van der Waals surface area contributed by atoms with Crippen LogP contribution in [0.2, 0.25) is 0 Å². The van der Waals surface area contributed by atoms with Gasteiger partial charge in [-0.25, -0.2) is 4.98 Å². The smallest absolute Gasteiger partial charge is 0.167 e. The van der Waals surface area contributed by atoms with Gasteiger partial charge in [0.1, 0.15) is 5.75 Å². The summed E-state index contributed by atoms with van der Waals surface area (Å²) in [5.41, 5.74) is 7.97. The Kier molecular flexibility index (Phi) is 4.28. The minimum Gasteiger partial charge on any atom is -0.496 e. The molecule has 1 aromatic carbocycles. The molecule has 5 heteroatoms. The topological polar surface area (TPSA) is 53.1 Å². The Morgan fingerprint density at radius 3 is 2.89 bits per heavy atom. The summed E-state index contributed by atoms with van der Waals surface area (Å²) in [4.78, 5) is 4.28. The first-order chi connectivity index (χ1) is 8.74. The minimum absolute atomic E-state index is 0.490. The van der Waals surface area contributed by atoms with E-state index in [2.05, 4.69) is 17.1 Å². The number of imidazole rings is 1. The predicted molar refractivity (Wildman–Crippen MR) is 73.7 cm³/mol. The van der Waals surface area contributed by atoms with Crippen molar-refractivity contribution in [3.8, 4) is 5.75 Å². The molecule has 96 valence electrons. The molecule has 2 aromatic rings. The lowest BCUT2D eigenvalue weighted by molar-refractivity contribution is 0.409.